The second-order valence-electron chi connectivity index (χ2n) is 14.6. The normalized spacial score (nSPS) is 19.7. The van der Waals surface area contributed by atoms with Crippen molar-refractivity contribution in [2.45, 2.75) is 120 Å². The molecule has 2 aliphatic rings. The van der Waals surface area contributed by atoms with Gasteiger partial charge in [-0.2, -0.15) is 0 Å². The number of hydrogen-bond donors (Lipinski definition) is 6. The number of likely N-dealkylation sites (tertiary alicyclic amines) is 1. The monoisotopic (exact) mass is 572 g/mol. The fourth-order valence-electron chi connectivity index (χ4n) is 5.41. The molecule has 3 rings (SSSR count). The molecule has 1 aliphatic heterocycles. The number of piperidine rings is 1. The third-order valence-electron chi connectivity index (χ3n) is 8.51. The predicted octanol–water partition coefficient (Wildman–Crippen LogP) is 7.71. The molecule has 0 aromatic heterocycles. The van der Waals surface area contributed by atoms with Crippen LogP contribution in [0.2, 0.25) is 0 Å². The number of amidine groups is 2. The van der Waals surface area contributed by atoms with Gasteiger partial charge in [0.15, 0.2) is 5.96 Å². The summed E-state index contributed by atoms with van der Waals surface area (Å²) < 4.78 is 0. The SMILES string of the molecule is CC.CC(C)(C)C1CCC(C(=N)N)CC1.CC(C)(C)C1CCN(C(=N)N)CC1.CC(C)(C)c1ccc(C(=N)N)cc1. The highest BCUT2D eigenvalue weighted by Gasteiger charge is 2.30. The highest BCUT2D eigenvalue weighted by atomic mass is 15.2. The Labute approximate surface area is 252 Å². The maximum Gasteiger partial charge on any atom is 0.188 e. The number of hydrogen-bond acceptors (Lipinski definition) is 3. The lowest BCUT2D eigenvalue weighted by Crippen LogP contribution is -2.44. The first-order valence-corrected chi connectivity index (χ1v) is 15.6. The minimum Gasteiger partial charge on any atom is -0.387 e. The molecule has 41 heavy (non-hydrogen) atoms. The molecular formula is C34H65N7. The van der Waals surface area contributed by atoms with Crippen molar-refractivity contribution in [3.05, 3.63) is 35.4 Å². The molecule has 0 radical (unpaired) electrons. The molecule has 9 N–H and O–H groups in total. The van der Waals surface area contributed by atoms with Gasteiger partial charge in [-0.05, 0) is 72.2 Å². The Kier molecular flexibility index (Phi) is 15.7. The van der Waals surface area contributed by atoms with Crippen LogP contribution in [0.25, 0.3) is 0 Å². The van der Waals surface area contributed by atoms with Crippen LogP contribution in [-0.4, -0.2) is 35.6 Å². The van der Waals surface area contributed by atoms with E-state index in [0.29, 0.717) is 22.6 Å². The molecule has 1 aliphatic carbocycles. The van der Waals surface area contributed by atoms with Crippen molar-refractivity contribution in [1.29, 1.82) is 16.2 Å². The maximum atomic E-state index is 7.39. The van der Waals surface area contributed by atoms with Gasteiger partial charge in [-0.15, -0.1) is 0 Å². The third kappa shape index (κ3) is 14.2. The van der Waals surface area contributed by atoms with Gasteiger partial charge in [0.25, 0.3) is 0 Å². The standard InChI is InChI=1S/C11H22N2.C11H16N2.C10H21N3.C2H6/c2*1-11(2,3)9-6-4-8(5-7-9)10(12)13;1-10(2,3)8-4-6-13(7-5-8)9(11)12;1-2/h8-9H,4-7H2,1-3H3,(H3,12,13);4-7H,1-3H3,(H3,12,13);8H,4-7H2,1-3H3,(H3,11,12);1-2H3. The lowest BCUT2D eigenvalue weighted by atomic mass is 9.69. The predicted molar refractivity (Wildman–Crippen MR) is 180 cm³/mol. The highest BCUT2D eigenvalue weighted by molar-refractivity contribution is 5.94. The average molecular weight is 572 g/mol. The zero-order chi connectivity index (χ0) is 32.2. The van der Waals surface area contributed by atoms with Gasteiger partial charge in [0.1, 0.15) is 5.84 Å². The van der Waals surface area contributed by atoms with Crippen LogP contribution in [0.1, 0.15) is 126 Å². The van der Waals surface area contributed by atoms with Gasteiger partial charge in [0.2, 0.25) is 0 Å². The van der Waals surface area contributed by atoms with Crippen LogP contribution in [0.4, 0.5) is 0 Å². The van der Waals surface area contributed by atoms with Crippen LogP contribution in [0.15, 0.2) is 24.3 Å². The second kappa shape index (κ2) is 16.8. The number of nitrogens with two attached hydrogens (primary N) is 3. The Morgan fingerprint density at radius 1 is 0.659 bits per heavy atom. The van der Waals surface area contributed by atoms with Crippen LogP contribution in [-0.2, 0) is 5.41 Å². The fourth-order valence-corrected chi connectivity index (χ4v) is 5.41. The Balaban J connectivity index is 0.000000567. The first-order valence-electron chi connectivity index (χ1n) is 15.6. The Morgan fingerprint density at radius 2 is 1.05 bits per heavy atom. The molecule has 0 spiro atoms. The zero-order valence-electron chi connectivity index (χ0n) is 28.4. The summed E-state index contributed by atoms with van der Waals surface area (Å²) in [7, 11) is 0. The molecule has 236 valence electrons. The van der Waals surface area contributed by atoms with Gasteiger partial charge >= 0.3 is 0 Å². The number of nitrogens with zero attached hydrogens (tertiary/aromatic N) is 1. The minimum atomic E-state index is 0.125. The van der Waals surface area contributed by atoms with E-state index < -0.39 is 0 Å². The van der Waals surface area contributed by atoms with E-state index in [0.717, 1.165) is 43.3 Å². The smallest absolute Gasteiger partial charge is 0.188 e. The van der Waals surface area contributed by atoms with E-state index >= 15 is 0 Å². The van der Waals surface area contributed by atoms with Gasteiger partial charge in [0, 0.05) is 24.6 Å². The van der Waals surface area contributed by atoms with Gasteiger partial charge in [-0.25, -0.2) is 0 Å². The van der Waals surface area contributed by atoms with Crippen LogP contribution in [0.5, 0.6) is 0 Å². The zero-order valence-corrected chi connectivity index (χ0v) is 28.4. The molecule has 1 aromatic carbocycles. The highest BCUT2D eigenvalue weighted by Crippen LogP contribution is 2.39. The Morgan fingerprint density at radius 3 is 1.34 bits per heavy atom. The van der Waals surface area contributed by atoms with Crippen LogP contribution >= 0.6 is 0 Å². The van der Waals surface area contributed by atoms with Crippen LogP contribution in [0.3, 0.4) is 0 Å². The van der Waals surface area contributed by atoms with E-state index in [2.05, 4.69) is 62.3 Å². The molecule has 0 bridgehead atoms. The minimum absolute atomic E-state index is 0.125. The molecule has 0 amide bonds. The topological polar surface area (TPSA) is 153 Å². The molecule has 0 unspecified atom stereocenters. The van der Waals surface area contributed by atoms with Gasteiger partial charge in [-0.3, -0.25) is 16.2 Å². The van der Waals surface area contributed by atoms with E-state index in [9.17, 15) is 0 Å². The molecule has 1 saturated carbocycles. The van der Waals surface area contributed by atoms with Crippen LogP contribution in [0, 0.1) is 44.8 Å². The molecule has 2 fully saturated rings. The molecule has 1 heterocycles. The van der Waals surface area contributed by atoms with Crippen LogP contribution < -0.4 is 17.2 Å². The number of benzene rings is 1. The van der Waals surface area contributed by atoms with E-state index in [1.54, 1.807) is 0 Å². The van der Waals surface area contributed by atoms with Gasteiger partial charge in [-0.1, -0.05) is 100 Å². The summed E-state index contributed by atoms with van der Waals surface area (Å²) in [5, 5.41) is 21.9. The Hall–Kier alpha value is -2.57. The summed E-state index contributed by atoms with van der Waals surface area (Å²) in [5.41, 5.74) is 19.3. The second-order valence-corrected chi connectivity index (χ2v) is 14.6. The summed E-state index contributed by atoms with van der Waals surface area (Å²) in [6.07, 6.45) is 7.07. The van der Waals surface area contributed by atoms with Crippen molar-refractivity contribution in [2.24, 2.45) is 45.8 Å². The molecule has 7 heteroatoms. The van der Waals surface area contributed by atoms with Gasteiger partial charge < -0.3 is 22.1 Å². The number of rotatable bonds is 2. The lowest BCUT2D eigenvalue weighted by molar-refractivity contribution is 0.148. The first kappa shape index (κ1) is 38.4. The number of nitrogen functional groups attached to an aromatic ring is 1. The summed E-state index contributed by atoms with van der Waals surface area (Å²) >= 11 is 0. The number of nitrogens with one attached hydrogen (secondary N) is 3. The quantitative estimate of drug-likeness (QED) is 0.159. The van der Waals surface area contributed by atoms with E-state index in [4.69, 9.17) is 33.4 Å². The summed E-state index contributed by atoms with van der Waals surface area (Å²) in [6, 6.07) is 7.83. The molecule has 1 saturated heterocycles. The van der Waals surface area contributed by atoms with E-state index in [1.807, 2.05) is 43.0 Å². The van der Waals surface area contributed by atoms with Crippen molar-refractivity contribution in [2.75, 3.05) is 13.1 Å². The lowest BCUT2D eigenvalue weighted by Gasteiger charge is -2.38. The van der Waals surface area contributed by atoms with Crippen molar-refractivity contribution < 1.29 is 0 Å². The summed E-state index contributed by atoms with van der Waals surface area (Å²) in [4.78, 5) is 1.96. The third-order valence-corrected chi connectivity index (χ3v) is 8.51. The van der Waals surface area contributed by atoms with E-state index in [-0.39, 0.29) is 17.2 Å². The van der Waals surface area contributed by atoms with Crippen molar-refractivity contribution in [3.8, 4) is 0 Å². The molecule has 0 atom stereocenters. The Bertz CT molecular complexity index is 870. The largest absolute Gasteiger partial charge is 0.387 e. The summed E-state index contributed by atoms with van der Waals surface area (Å²) in [6.45, 7) is 26.2. The van der Waals surface area contributed by atoms with E-state index in [1.165, 1.54) is 31.2 Å². The first-order chi connectivity index (χ1) is 18.7. The van der Waals surface area contributed by atoms with Crippen molar-refractivity contribution in [3.63, 3.8) is 0 Å². The average Bonchev–Trinajstić information content (AvgIpc) is 2.89. The summed E-state index contributed by atoms with van der Waals surface area (Å²) in [5.74, 6) is 2.73. The molecule has 1 aromatic rings. The van der Waals surface area contributed by atoms with Crippen molar-refractivity contribution in [1.82, 2.24) is 4.90 Å². The molecular weight excluding hydrogens is 506 g/mol. The number of guanidine groups is 1. The van der Waals surface area contributed by atoms with Crippen molar-refractivity contribution >= 4 is 17.6 Å². The maximum absolute atomic E-state index is 7.39. The fraction of sp³-hybridized carbons (Fsp3) is 0.735. The van der Waals surface area contributed by atoms with Gasteiger partial charge in [0.05, 0.1) is 5.84 Å². The molecule has 7 nitrogen and oxygen atoms in total.